The number of hydrogen-bond donors (Lipinski definition) is 0. The van der Waals surface area contributed by atoms with Crippen LogP contribution in [-0.4, -0.2) is 39.3 Å². The normalized spacial score (nSPS) is 16.9. The number of imide groups is 2. The van der Waals surface area contributed by atoms with Crippen molar-refractivity contribution in [2.45, 2.75) is 38.6 Å². The van der Waals surface area contributed by atoms with Crippen LogP contribution in [0.15, 0.2) is 64.7 Å². The van der Waals surface area contributed by atoms with Gasteiger partial charge in [0.15, 0.2) is 5.76 Å². The van der Waals surface area contributed by atoms with Crippen LogP contribution in [0.2, 0.25) is 0 Å². The van der Waals surface area contributed by atoms with Crippen LogP contribution in [-0.2, 0) is 16.1 Å². The Hall–Kier alpha value is -3.74. The van der Waals surface area contributed by atoms with Crippen LogP contribution < -0.4 is 0 Å². The van der Waals surface area contributed by atoms with E-state index in [9.17, 15) is 14.4 Å². The zero-order valence-electron chi connectivity index (χ0n) is 17.6. The number of amides is 4. The van der Waals surface area contributed by atoms with Gasteiger partial charge < -0.3 is 4.52 Å². The Balaban J connectivity index is 1.29. The summed E-state index contributed by atoms with van der Waals surface area (Å²) in [4.78, 5) is 39.6. The largest absolute Gasteiger partial charge is 0.356 e. The number of carbonyl (C=O) groups is 3. The molecule has 0 saturated carbocycles. The zero-order valence-corrected chi connectivity index (χ0v) is 17.6. The summed E-state index contributed by atoms with van der Waals surface area (Å²) in [6, 6.07) is 15.0. The van der Waals surface area contributed by atoms with Crippen molar-refractivity contribution in [3.8, 4) is 11.3 Å². The van der Waals surface area contributed by atoms with Crippen LogP contribution in [0, 0.1) is 0 Å². The lowest BCUT2D eigenvalue weighted by molar-refractivity contribution is -0.143. The van der Waals surface area contributed by atoms with Gasteiger partial charge in [0, 0.05) is 18.2 Å². The SMILES string of the molecule is O=C1C(=O)N(Cc2cc(-c3ccc4ccccc4c3)on2)C(=O)N1CCC1=CCCCC1. The van der Waals surface area contributed by atoms with Crippen molar-refractivity contribution >= 4 is 28.6 Å². The van der Waals surface area contributed by atoms with Crippen LogP contribution in [0.3, 0.4) is 0 Å². The number of benzene rings is 2. The molecular formula is C25H23N3O4. The number of fused-ring (bicyclic) bond motifs is 1. The van der Waals surface area contributed by atoms with E-state index in [4.69, 9.17) is 4.52 Å². The van der Waals surface area contributed by atoms with Crippen molar-refractivity contribution in [3.05, 3.63) is 65.9 Å². The fraction of sp³-hybridized carbons (Fsp3) is 0.280. The lowest BCUT2D eigenvalue weighted by atomic mass is 9.97. The van der Waals surface area contributed by atoms with Crippen LogP contribution >= 0.6 is 0 Å². The van der Waals surface area contributed by atoms with Crippen LogP contribution in [0.5, 0.6) is 0 Å². The number of aromatic nitrogens is 1. The number of urea groups is 1. The number of hydrogen-bond acceptors (Lipinski definition) is 5. The van der Waals surface area contributed by atoms with Crippen LogP contribution in [0.25, 0.3) is 22.1 Å². The van der Waals surface area contributed by atoms with E-state index >= 15 is 0 Å². The van der Waals surface area contributed by atoms with Gasteiger partial charge in [0.05, 0.1) is 6.54 Å². The molecule has 0 radical (unpaired) electrons. The summed E-state index contributed by atoms with van der Waals surface area (Å²) >= 11 is 0. The molecule has 7 nitrogen and oxygen atoms in total. The number of rotatable bonds is 6. The molecule has 2 heterocycles. The highest BCUT2D eigenvalue weighted by molar-refractivity contribution is 6.44. The highest BCUT2D eigenvalue weighted by atomic mass is 16.5. The molecule has 5 rings (SSSR count). The molecule has 2 aliphatic rings. The Morgan fingerprint density at radius 2 is 1.72 bits per heavy atom. The van der Waals surface area contributed by atoms with Crippen LogP contribution in [0.4, 0.5) is 4.79 Å². The molecule has 0 atom stereocenters. The Morgan fingerprint density at radius 3 is 2.53 bits per heavy atom. The van der Waals surface area contributed by atoms with E-state index in [0.29, 0.717) is 17.9 Å². The van der Waals surface area contributed by atoms with Gasteiger partial charge in [-0.05, 0) is 48.9 Å². The molecule has 0 bridgehead atoms. The molecule has 2 aromatic carbocycles. The minimum absolute atomic E-state index is 0.0975. The summed E-state index contributed by atoms with van der Waals surface area (Å²) in [6.45, 7) is 0.132. The standard InChI is InChI=1S/C25H23N3O4/c29-23-24(30)28(25(31)27(23)13-12-17-6-2-1-3-7-17)16-21-15-22(32-26-21)20-11-10-18-8-4-5-9-19(18)14-20/h4-6,8-11,14-15H,1-3,7,12-13,16H2. The smallest absolute Gasteiger partial charge is 0.334 e. The molecule has 1 aliphatic carbocycles. The predicted molar refractivity (Wildman–Crippen MR) is 118 cm³/mol. The molecule has 1 saturated heterocycles. The predicted octanol–water partition coefficient (Wildman–Crippen LogP) is 4.68. The molecule has 162 valence electrons. The lowest BCUT2D eigenvalue weighted by Gasteiger charge is -2.17. The quantitative estimate of drug-likeness (QED) is 0.323. The summed E-state index contributed by atoms with van der Waals surface area (Å²) < 4.78 is 5.46. The van der Waals surface area contributed by atoms with E-state index in [2.05, 4.69) is 11.2 Å². The maximum absolute atomic E-state index is 12.8. The molecular weight excluding hydrogens is 406 g/mol. The van der Waals surface area contributed by atoms with E-state index in [1.807, 2.05) is 42.5 Å². The van der Waals surface area contributed by atoms with Gasteiger partial charge in [-0.15, -0.1) is 0 Å². The first-order valence-electron chi connectivity index (χ1n) is 10.9. The lowest BCUT2D eigenvalue weighted by Crippen LogP contribution is -2.34. The first-order chi connectivity index (χ1) is 15.6. The minimum Gasteiger partial charge on any atom is -0.356 e. The van der Waals surface area contributed by atoms with E-state index in [-0.39, 0.29) is 13.1 Å². The zero-order chi connectivity index (χ0) is 22.1. The molecule has 3 aromatic rings. The Bertz CT molecular complexity index is 1240. The maximum atomic E-state index is 12.8. The molecule has 4 amide bonds. The molecule has 32 heavy (non-hydrogen) atoms. The molecule has 1 aromatic heterocycles. The summed E-state index contributed by atoms with van der Waals surface area (Å²) in [6.07, 6.45) is 7.13. The second-order valence-electron chi connectivity index (χ2n) is 8.23. The summed E-state index contributed by atoms with van der Waals surface area (Å²) in [5, 5.41) is 6.20. The fourth-order valence-corrected chi connectivity index (χ4v) is 4.30. The number of carbonyl (C=O) groups excluding carboxylic acids is 3. The van der Waals surface area contributed by atoms with Crippen LogP contribution in [0.1, 0.15) is 37.8 Å². The third-order valence-electron chi connectivity index (χ3n) is 6.09. The summed E-state index contributed by atoms with van der Waals surface area (Å²) in [5.41, 5.74) is 2.51. The van der Waals surface area contributed by atoms with Crippen molar-refractivity contribution in [1.82, 2.24) is 15.0 Å². The monoisotopic (exact) mass is 429 g/mol. The maximum Gasteiger partial charge on any atom is 0.334 e. The van der Waals surface area contributed by atoms with Gasteiger partial charge in [-0.25, -0.2) is 9.69 Å². The van der Waals surface area contributed by atoms with Crippen molar-refractivity contribution < 1.29 is 18.9 Å². The molecule has 7 heteroatoms. The van der Waals surface area contributed by atoms with Gasteiger partial charge in [0.2, 0.25) is 0 Å². The average molecular weight is 429 g/mol. The van der Waals surface area contributed by atoms with Crippen molar-refractivity contribution in [1.29, 1.82) is 0 Å². The Morgan fingerprint density at radius 1 is 0.906 bits per heavy atom. The Labute approximate surface area is 185 Å². The van der Waals surface area contributed by atoms with Crippen molar-refractivity contribution in [2.75, 3.05) is 6.54 Å². The van der Waals surface area contributed by atoms with Gasteiger partial charge in [0.1, 0.15) is 5.69 Å². The second kappa shape index (κ2) is 8.42. The highest BCUT2D eigenvalue weighted by Crippen LogP contribution is 2.27. The summed E-state index contributed by atoms with van der Waals surface area (Å²) in [7, 11) is 0. The number of allylic oxidation sites excluding steroid dienone is 1. The van der Waals surface area contributed by atoms with E-state index in [0.717, 1.165) is 45.4 Å². The van der Waals surface area contributed by atoms with Gasteiger partial charge in [-0.3, -0.25) is 14.5 Å². The van der Waals surface area contributed by atoms with Gasteiger partial charge in [-0.1, -0.05) is 53.2 Å². The molecule has 1 aliphatic heterocycles. The molecule has 0 spiro atoms. The minimum atomic E-state index is -0.817. The van der Waals surface area contributed by atoms with Crippen molar-refractivity contribution in [2.24, 2.45) is 0 Å². The van der Waals surface area contributed by atoms with Gasteiger partial charge >= 0.3 is 17.8 Å². The van der Waals surface area contributed by atoms with E-state index in [1.54, 1.807) is 6.07 Å². The second-order valence-corrected chi connectivity index (χ2v) is 8.23. The van der Waals surface area contributed by atoms with Crippen molar-refractivity contribution in [3.63, 3.8) is 0 Å². The topological polar surface area (TPSA) is 83.7 Å². The molecule has 0 unspecified atom stereocenters. The first kappa shape index (κ1) is 20.2. The highest BCUT2D eigenvalue weighted by Gasteiger charge is 2.44. The Kier molecular flexibility index (Phi) is 5.31. The molecule has 1 fully saturated rings. The first-order valence-corrected chi connectivity index (χ1v) is 10.9. The van der Waals surface area contributed by atoms with Gasteiger partial charge in [-0.2, -0.15) is 0 Å². The summed E-state index contributed by atoms with van der Waals surface area (Å²) in [5.74, 6) is -1.05. The molecule has 0 N–H and O–H groups in total. The van der Waals surface area contributed by atoms with E-state index < -0.39 is 17.8 Å². The van der Waals surface area contributed by atoms with E-state index in [1.165, 1.54) is 12.0 Å². The number of nitrogens with zero attached hydrogens (tertiary/aromatic N) is 3. The van der Waals surface area contributed by atoms with Gasteiger partial charge in [0.25, 0.3) is 0 Å². The third kappa shape index (κ3) is 3.82. The fourth-order valence-electron chi connectivity index (χ4n) is 4.30. The average Bonchev–Trinajstić information content (AvgIpc) is 3.37. The third-order valence-corrected chi connectivity index (χ3v) is 6.09.